The van der Waals surface area contributed by atoms with Gasteiger partial charge in [0.2, 0.25) is 0 Å². The molecular weight excluding hydrogens is 231 g/mol. The van der Waals surface area contributed by atoms with Crippen molar-refractivity contribution in [1.29, 1.82) is 0 Å². The van der Waals surface area contributed by atoms with E-state index >= 15 is 0 Å². The van der Waals surface area contributed by atoms with Crippen molar-refractivity contribution in [3.05, 3.63) is 41.2 Å². The average molecular weight is 250 g/mol. The van der Waals surface area contributed by atoms with Crippen molar-refractivity contribution < 1.29 is 14.2 Å². The molecule has 0 aromatic heterocycles. The summed E-state index contributed by atoms with van der Waals surface area (Å²) in [6.07, 6.45) is 6.46. The van der Waals surface area contributed by atoms with Crippen LogP contribution in [0.1, 0.15) is 43.8 Å². The van der Waals surface area contributed by atoms with E-state index < -0.39 is 11.9 Å². The Balaban J connectivity index is 2.22. The van der Waals surface area contributed by atoms with Gasteiger partial charge in [-0.1, -0.05) is 12.5 Å². The van der Waals surface area contributed by atoms with Gasteiger partial charge in [-0.05, 0) is 43.4 Å². The molecule has 0 fully saturated rings. The van der Waals surface area contributed by atoms with E-state index in [1.807, 2.05) is 0 Å². The van der Waals surface area contributed by atoms with E-state index in [0.717, 1.165) is 31.3 Å². The maximum Gasteiger partial charge on any atom is 0.133 e. The van der Waals surface area contributed by atoms with Gasteiger partial charge in [0.25, 0.3) is 0 Å². The lowest BCUT2D eigenvalue weighted by atomic mass is 9.97. The Labute approximate surface area is 107 Å². The van der Waals surface area contributed by atoms with E-state index in [-0.39, 0.29) is 0 Å². The summed E-state index contributed by atoms with van der Waals surface area (Å²) in [7, 11) is 1.50. The molecular formula is C15H19FO2. The van der Waals surface area contributed by atoms with Crippen molar-refractivity contribution >= 4 is 0 Å². The zero-order chi connectivity index (χ0) is 13.0. The minimum absolute atomic E-state index is 0.337. The van der Waals surface area contributed by atoms with Crippen molar-refractivity contribution in [2.24, 2.45) is 0 Å². The fraction of sp³-hybridized carbons (Fsp3) is 0.467. The minimum atomic E-state index is -0.825. The molecule has 3 heteroatoms. The van der Waals surface area contributed by atoms with Gasteiger partial charge in [-0.25, -0.2) is 4.39 Å². The lowest BCUT2D eigenvalue weighted by molar-refractivity contribution is 0.205. The van der Waals surface area contributed by atoms with Gasteiger partial charge in [0, 0.05) is 11.6 Å². The largest absolute Gasteiger partial charge is 0.497 e. The van der Waals surface area contributed by atoms with Crippen LogP contribution in [0.5, 0.6) is 5.75 Å². The SMILES string of the molecule is COc1ccc(C(O)C2=CCCCCC2)c(F)c1. The Morgan fingerprint density at radius 3 is 2.83 bits per heavy atom. The number of hydrogen-bond donors (Lipinski definition) is 1. The zero-order valence-corrected chi connectivity index (χ0v) is 10.7. The van der Waals surface area contributed by atoms with Crippen LogP contribution >= 0.6 is 0 Å². The number of hydrogen-bond acceptors (Lipinski definition) is 2. The molecule has 1 aliphatic rings. The number of allylic oxidation sites excluding steroid dienone is 1. The molecule has 0 saturated carbocycles. The first kappa shape index (κ1) is 13.1. The molecule has 0 heterocycles. The Morgan fingerprint density at radius 1 is 1.28 bits per heavy atom. The van der Waals surface area contributed by atoms with Gasteiger partial charge in [0.15, 0.2) is 0 Å². The summed E-state index contributed by atoms with van der Waals surface area (Å²) in [5, 5.41) is 10.3. The second-order valence-electron chi connectivity index (χ2n) is 4.67. The number of aliphatic hydroxyl groups is 1. The zero-order valence-electron chi connectivity index (χ0n) is 10.7. The predicted octanol–water partition coefficient (Wildman–Crippen LogP) is 3.76. The molecule has 98 valence electrons. The summed E-state index contributed by atoms with van der Waals surface area (Å²) in [5.74, 6) is 0.0605. The average Bonchev–Trinajstić information content (AvgIpc) is 2.66. The van der Waals surface area contributed by atoms with Crippen LogP contribution in [0.2, 0.25) is 0 Å². The molecule has 0 bridgehead atoms. The highest BCUT2D eigenvalue weighted by molar-refractivity contribution is 5.34. The fourth-order valence-electron chi connectivity index (χ4n) is 2.34. The Kier molecular flexibility index (Phi) is 4.37. The second kappa shape index (κ2) is 6.01. The summed E-state index contributed by atoms with van der Waals surface area (Å²) in [6.45, 7) is 0. The minimum Gasteiger partial charge on any atom is -0.497 e. The third-order valence-electron chi connectivity index (χ3n) is 3.43. The van der Waals surface area contributed by atoms with E-state index in [1.165, 1.54) is 19.6 Å². The number of ether oxygens (including phenoxy) is 1. The molecule has 1 N–H and O–H groups in total. The van der Waals surface area contributed by atoms with Crippen molar-refractivity contribution in [2.75, 3.05) is 7.11 Å². The van der Waals surface area contributed by atoms with E-state index in [9.17, 15) is 9.50 Å². The molecule has 18 heavy (non-hydrogen) atoms. The first-order valence-corrected chi connectivity index (χ1v) is 6.43. The fourth-order valence-corrected chi connectivity index (χ4v) is 2.34. The molecule has 0 amide bonds. The smallest absolute Gasteiger partial charge is 0.133 e. The maximum atomic E-state index is 13.9. The van der Waals surface area contributed by atoms with Gasteiger partial charge in [-0.2, -0.15) is 0 Å². The molecule has 1 aromatic rings. The normalized spacial score (nSPS) is 17.8. The molecule has 0 spiro atoms. The Morgan fingerprint density at radius 2 is 2.11 bits per heavy atom. The van der Waals surface area contributed by atoms with Crippen molar-refractivity contribution in [2.45, 2.75) is 38.2 Å². The third kappa shape index (κ3) is 2.91. The molecule has 1 aromatic carbocycles. The molecule has 0 radical (unpaired) electrons. The monoisotopic (exact) mass is 250 g/mol. The summed E-state index contributed by atoms with van der Waals surface area (Å²) < 4.78 is 18.8. The Bertz CT molecular complexity index is 440. The Hall–Kier alpha value is -1.35. The summed E-state index contributed by atoms with van der Waals surface area (Å²) >= 11 is 0. The van der Waals surface area contributed by atoms with Crippen LogP contribution in [0.15, 0.2) is 29.8 Å². The van der Waals surface area contributed by atoms with Crippen LogP contribution in [0, 0.1) is 5.82 Å². The number of aliphatic hydroxyl groups excluding tert-OH is 1. The second-order valence-corrected chi connectivity index (χ2v) is 4.67. The topological polar surface area (TPSA) is 29.5 Å². The van der Waals surface area contributed by atoms with E-state index in [4.69, 9.17) is 4.74 Å². The standard InChI is InChI=1S/C15H19FO2/c1-18-12-8-9-13(14(16)10-12)15(17)11-6-4-2-3-5-7-11/h6,8-10,15,17H,2-5,7H2,1H3. The van der Waals surface area contributed by atoms with Crippen molar-refractivity contribution in [1.82, 2.24) is 0 Å². The number of benzene rings is 1. The summed E-state index contributed by atoms with van der Waals surface area (Å²) in [5.41, 5.74) is 1.28. The van der Waals surface area contributed by atoms with Crippen LogP contribution < -0.4 is 4.74 Å². The molecule has 1 atom stereocenters. The quantitative estimate of drug-likeness (QED) is 0.828. The summed E-state index contributed by atoms with van der Waals surface area (Å²) in [6, 6.07) is 4.60. The number of methoxy groups -OCH3 is 1. The number of rotatable bonds is 3. The molecule has 0 aliphatic heterocycles. The lowest BCUT2D eigenvalue weighted by Gasteiger charge is -2.16. The lowest BCUT2D eigenvalue weighted by Crippen LogP contribution is -2.04. The highest BCUT2D eigenvalue weighted by Crippen LogP contribution is 2.31. The first-order valence-electron chi connectivity index (χ1n) is 6.43. The third-order valence-corrected chi connectivity index (χ3v) is 3.43. The van der Waals surface area contributed by atoms with Crippen molar-refractivity contribution in [3.63, 3.8) is 0 Å². The van der Waals surface area contributed by atoms with Gasteiger partial charge in [-0.15, -0.1) is 0 Å². The first-order chi connectivity index (χ1) is 8.72. The van der Waals surface area contributed by atoms with Crippen LogP contribution in [-0.4, -0.2) is 12.2 Å². The van der Waals surface area contributed by atoms with Gasteiger partial charge >= 0.3 is 0 Å². The van der Waals surface area contributed by atoms with Crippen LogP contribution in [0.25, 0.3) is 0 Å². The van der Waals surface area contributed by atoms with E-state index in [1.54, 1.807) is 12.1 Å². The maximum absolute atomic E-state index is 13.9. The van der Waals surface area contributed by atoms with Gasteiger partial charge in [0.1, 0.15) is 17.7 Å². The van der Waals surface area contributed by atoms with Gasteiger partial charge < -0.3 is 9.84 Å². The highest BCUT2D eigenvalue weighted by atomic mass is 19.1. The summed E-state index contributed by atoms with van der Waals surface area (Å²) in [4.78, 5) is 0. The van der Waals surface area contributed by atoms with E-state index in [2.05, 4.69) is 6.08 Å². The molecule has 0 saturated heterocycles. The highest BCUT2D eigenvalue weighted by Gasteiger charge is 2.18. The molecule has 2 nitrogen and oxygen atoms in total. The van der Waals surface area contributed by atoms with Crippen molar-refractivity contribution in [3.8, 4) is 5.75 Å². The van der Waals surface area contributed by atoms with Crippen LogP contribution in [0.3, 0.4) is 0 Å². The number of halogens is 1. The molecule has 1 unspecified atom stereocenters. The van der Waals surface area contributed by atoms with Crippen LogP contribution in [0.4, 0.5) is 4.39 Å². The van der Waals surface area contributed by atoms with Gasteiger partial charge in [0.05, 0.1) is 7.11 Å². The molecule has 1 aliphatic carbocycles. The predicted molar refractivity (Wildman–Crippen MR) is 69.1 cm³/mol. The van der Waals surface area contributed by atoms with E-state index in [0.29, 0.717) is 11.3 Å². The van der Waals surface area contributed by atoms with Crippen LogP contribution in [-0.2, 0) is 0 Å². The molecule has 2 rings (SSSR count). The van der Waals surface area contributed by atoms with Gasteiger partial charge in [-0.3, -0.25) is 0 Å².